The number of hydrogen-bond acceptors (Lipinski definition) is 2. The van der Waals surface area contributed by atoms with Crippen LogP contribution in [0.3, 0.4) is 0 Å². The standard InChI is InChI=1S/C20H16O2/c21-18-7-4-8-19-17(18)13-20(22-19)16-11-9-15(10-12-16)14-5-2-1-3-6-14/h1-3,5-6,9-13H,4,7-8H2. The van der Waals surface area contributed by atoms with Gasteiger partial charge in [0.2, 0.25) is 0 Å². The number of benzene rings is 2. The van der Waals surface area contributed by atoms with Crippen molar-refractivity contribution >= 4 is 5.78 Å². The molecule has 108 valence electrons. The first-order chi connectivity index (χ1) is 10.8. The number of carbonyl (C=O) groups excluding carboxylic acids is 1. The Kier molecular flexibility index (Phi) is 3.15. The van der Waals surface area contributed by atoms with E-state index in [1.54, 1.807) is 0 Å². The third-order valence-electron chi connectivity index (χ3n) is 4.19. The molecule has 0 unspecified atom stereocenters. The van der Waals surface area contributed by atoms with Crippen molar-refractivity contribution in [2.45, 2.75) is 19.3 Å². The maximum Gasteiger partial charge on any atom is 0.166 e. The summed E-state index contributed by atoms with van der Waals surface area (Å²) in [5.41, 5.74) is 4.16. The Morgan fingerprint density at radius 3 is 2.18 bits per heavy atom. The molecule has 0 saturated carbocycles. The van der Waals surface area contributed by atoms with Crippen LogP contribution in [0.5, 0.6) is 0 Å². The number of Topliss-reactive ketones (excluding diaryl/α,β-unsaturated/α-hetero) is 1. The summed E-state index contributed by atoms with van der Waals surface area (Å²) >= 11 is 0. The maximum atomic E-state index is 11.9. The van der Waals surface area contributed by atoms with Gasteiger partial charge in [0.15, 0.2) is 5.78 Å². The third kappa shape index (κ3) is 2.27. The van der Waals surface area contributed by atoms with Crippen LogP contribution in [0.2, 0.25) is 0 Å². The van der Waals surface area contributed by atoms with Gasteiger partial charge in [0.05, 0.1) is 5.56 Å². The third-order valence-corrected chi connectivity index (χ3v) is 4.19. The molecule has 3 aromatic rings. The van der Waals surface area contributed by atoms with E-state index in [2.05, 4.69) is 36.4 Å². The second-order valence-corrected chi connectivity index (χ2v) is 5.67. The lowest BCUT2D eigenvalue weighted by molar-refractivity contribution is 0.0969. The van der Waals surface area contributed by atoms with Crippen LogP contribution in [0.1, 0.15) is 29.0 Å². The van der Waals surface area contributed by atoms with Gasteiger partial charge >= 0.3 is 0 Å². The Hall–Kier alpha value is -2.61. The van der Waals surface area contributed by atoms with Crippen molar-refractivity contribution in [1.29, 1.82) is 0 Å². The number of hydrogen-bond donors (Lipinski definition) is 0. The fourth-order valence-corrected chi connectivity index (χ4v) is 2.99. The normalized spacial score (nSPS) is 13.9. The van der Waals surface area contributed by atoms with Crippen molar-refractivity contribution in [2.75, 3.05) is 0 Å². The molecule has 4 rings (SSSR count). The molecule has 0 aliphatic heterocycles. The molecule has 0 spiro atoms. The van der Waals surface area contributed by atoms with Crippen LogP contribution >= 0.6 is 0 Å². The fourth-order valence-electron chi connectivity index (χ4n) is 2.99. The highest BCUT2D eigenvalue weighted by atomic mass is 16.3. The predicted molar refractivity (Wildman–Crippen MR) is 86.8 cm³/mol. The number of rotatable bonds is 2. The summed E-state index contributed by atoms with van der Waals surface area (Å²) in [6, 6.07) is 20.5. The van der Waals surface area contributed by atoms with E-state index in [-0.39, 0.29) is 5.78 Å². The summed E-state index contributed by atoms with van der Waals surface area (Å²) < 4.78 is 5.89. The highest BCUT2D eigenvalue weighted by molar-refractivity contribution is 5.99. The summed E-state index contributed by atoms with van der Waals surface area (Å²) in [4.78, 5) is 11.9. The summed E-state index contributed by atoms with van der Waals surface area (Å²) in [5, 5.41) is 0. The topological polar surface area (TPSA) is 30.2 Å². The number of fused-ring (bicyclic) bond motifs is 1. The molecule has 1 aromatic heterocycles. The molecule has 2 heteroatoms. The number of furan rings is 1. The Labute approximate surface area is 129 Å². The number of aryl methyl sites for hydroxylation is 1. The van der Waals surface area contributed by atoms with E-state index >= 15 is 0 Å². The molecule has 0 radical (unpaired) electrons. The molecule has 0 bridgehead atoms. The van der Waals surface area contributed by atoms with Crippen LogP contribution in [0, 0.1) is 0 Å². The highest BCUT2D eigenvalue weighted by Gasteiger charge is 2.22. The van der Waals surface area contributed by atoms with Crippen molar-refractivity contribution in [3.8, 4) is 22.5 Å². The molecule has 0 fully saturated rings. The largest absolute Gasteiger partial charge is 0.460 e. The molecule has 1 aliphatic carbocycles. The van der Waals surface area contributed by atoms with Gasteiger partial charge in [0, 0.05) is 18.4 Å². The van der Waals surface area contributed by atoms with E-state index in [0.29, 0.717) is 6.42 Å². The van der Waals surface area contributed by atoms with Gasteiger partial charge in [-0.1, -0.05) is 54.6 Å². The second-order valence-electron chi connectivity index (χ2n) is 5.67. The molecular formula is C20H16O2. The Morgan fingerprint density at radius 2 is 1.45 bits per heavy atom. The van der Waals surface area contributed by atoms with Crippen LogP contribution in [-0.2, 0) is 6.42 Å². The zero-order valence-corrected chi connectivity index (χ0v) is 12.2. The highest BCUT2D eigenvalue weighted by Crippen LogP contribution is 2.31. The van der Waals surface area contributed by atoms with E-state index in [0.717, 1.165) is 35.5 Å². The molecule has 1 heterocycles. The van der Waals surface area contributed by atoms with Crippen LogP contribution < -0.4 is 0 Å². The summed E-state index contributed by atoms with van der Waals surface area (Å²) in [6.45, 7) is 0. The average Bonchev–Trinajstić information content (AvgIpc) is 3.02. The fraction of sp³-hybridized carbons (Fsp3) is 0.150. The summed E-state index contributed by atoms with van der Waals surface area (Å²) in [6.07, 6.45) is 2.40. The average molecular weight is 288 g/mol. The SMILES string of the molecule is O=C1CCCc2oc(-c3ccc(-c4ccccc4)cc3)cc21. The van der Waals surface area contributed by atoms with Crippen LogP contribution in [0.4, 0.5) is 0 Å². The molecule has 2 aromatic carbocycles. The van der Waals surface area contributed by atoms with Crippen molar-refractivity contribution in [1.82, 2.24) is 0 Å². The molecular weight excluding hydrogens is 272 g/mol. The summed E-state index contributed by atoms with van der Waals surface area (Å²) in [7, 11) is 0. The lowest BCUT2D eigenvalue weighted by atomic mass is 9.97. The molecule has 0 N–H and O–H groups in total. The van der Waals surface area contributed by atoms with E-state index in [4.69, 9.17) is 4.42 Å². The van der Waals surface area contributed by atoms with Gasteiger partial charge in [-0.3, -0.25) is 4.79 Å². The predicted octanol–water partition coefficient (Wildman–Crippen LogP) is 5.13. The molecule has 2 nitrogen and oxygen atoms in total. The van der Waals surface area contributed by atoms with Crippen molar-refractivity contribution in [3.63, 3.8) is 0 Å². The molecule has 0 atom stereocenters. The lowest BCUT2D eigenvalue weighted by Gasteiger charge is -2.06. The molecule has 0 saturated heterocycles. The quantitative estimate of drug-likeness (QED) is 0.654. The Balaban J connectivity index is 1.68. The monoisotopic (exact) mass is 288 g/mol. The van der Waals surface area contributed by atoms with E-state index < -0.39 is 0 Å². The van der Waals surface area contributed by atoms with Gasteiger partial charge in [-0.25, -0.2) is 0 Å². The molecule has 22 heavy (non-hydrogen) atoms. The maximum absolute atomic E-state index is 11.9. The first-order valence-electron chi connectivity index (χ1n) is 7.63. The minimum Gasteiger partial charge on any atom is -0.460 e. The summed E-state index contributed by atoms with van der Waals surface area (Å²) in [5.74, 6) is 1.84. The van der Waals surface area contributed by atoms with Crippen molar-refractivity contribution < 1.29 is 9.21 Å². The van der Waals surface area contributed by atoms with Gasteiger partial charge < -0.3 is 4.42 Å². The Morgan fingerprint density at radius 1 is 0.773 bits per heavy atom. The first-order valence-corrected chi connectivity index (χ1v) is 7.63. The zero-order valence-electron chi connectivity index (χ0n) is 12.2. The van der Waals surface area contributed by atoms with E-state index in [1.807, 2.05) is 24.3 Å². The minimum absolute atomic E-state index is 0.206. The second kappa shape index (κ2) is 5.30. The van der Waals surface area contributed by atoms with Crippen molar-refractivity contribution in [2.24, 2.45) is 0 Å². The van der Waals surface area contributed by atoms with Gasteiger partial charge in [-0.15, -0.1) is 0 Å². The van der Waals surface area contributed by atoms with E-state index in [9.17, 15) is 4.79 Å². The van der Waals surface area contributed by atoms with Crippen LogP contribution in [-0.4, -0.2) is 5.78 Å². The van der Waals surface area contributed by atoms with E-state index in [1.165, 1.54) is 11.1 Å². The smallest absolute Gasteiger partial charge is 0.166 e. The number of carbonyl (C=O) groups is 1. The van der Waals surface area contributed by atoms with Gasteiger partial charge in [0.1, 0.15) is 11.5 Å². The lowest BCUT2D eigenvalue weighted by Crippen LogP contribution is -2.07. The van der Waals surface area contributed by atoms with Gasteiger partial charge in [-0.05, 0) is 23.6 Å². The molecule has 1 aliphatic rings. The number of ketones is 1. The van der Waals surface area contributed by atoms with Gasteiger partial charge in [0.25, 0.3) is 0 Å². The minimum atomic E-state index is 0.206. The zero-order chi connectivity index (χ0) is 14.9. The first kappa shape index (κ1) is 13.1. The van der Waals surface area contributed by atoms with Crippen LogP contribution in [0.25, 0.3) is 22.5 Å². The van der Waals surface area contributed by atoms with Gasteiger partial charge in [-0.2, -0.15) is 0 Å². The molecule has 0 amide bonds. The Bertz CT molecular complexity index is 811. The van der Waals surface area contributed by atoms with Crippen LogP contribution in [0.15, 0.2) is 65.1 Å². The van der Waals surface area contributed by atoms with Crippen molar-refractivity contribution in [3.05, 3.63) is 72.0 Å².